The average Bonchev–Trinajstić information content (AvgIpc) is 2.97. The second-order valence-corrected chi connectivity index (χ2v) is 10.5. The van der Waals surface area contributed by atoms with Gasteiger partial charge in [-0.05, 0) is 73.7 Å². The average molecular weight is 524 g/mol. The number of amides is 1. The van der Waals surface area contributed by atoms with Gasteiger partial charge in [0.1, 0.15) is 22.4 Å². The maximum atomic E-state index is 15.2. The molecule has 2 saturated heterocycles. The first kappa shape index (κ1) is 23.1. The lowest BCUT2D eigenvalue weighted by Crippen LogP contribution is -2.56. The smallest absolute Gasteiger partial charge is 0.410 e. The van der Waals surface area contributed by atoms with E-state index in [4.69, 9.17) is 21.6 Å². The third kappa shape index (κ3) is 4.38. The van der Waals surface area contributed by atoms with E-state index in [1.54, 1.807) is 4.90 Å². The molecule has 0 N–H and O–H groups in total. The van der Waals surface area contributed by atoms with E-state index in [0.29, 0.717) is 47.0 Å². The molecule has 2 aliphatic rings. The van der Waals surface area contributed by atoms with Gasteiger partial charge in [-0.1, -0.05) is 11.6 Å². The van der Waals surface area contributed by atoms with E-state index in [2.05, 4.69) is 31.9 Å². The van der Waals surface area contributed by atoms with Gasteiger partial charge in [0.15, 0.2) is 0 Å². The topological polar surface area (TPSA) is 69.5 Å². The molecule has 0 saturated carbocycles. The number of nitrogens with zero attached hydrogens (tertiary/aromatic N) is 4. The van der Waals surface area contributed by atoms with E-state index in [-0.39, 0.29) is 23.3 Å². The molecule has 0 radical (unpaired) electrons. The number of piperazine rings is 1. The van der Waals surface area contributed by atoms with Gasteiger partial charge in [-0.15, -0.1) is 0 Å². The van der Waals surface area contributed by atoms with Crippen LogP contribution < -0.4 is 4.90 Å². The Morgan fingerprint density at radius 1 is 1.31 bits per heavy atom. The fourth-order valence-corrected chi connectivity index (χ4v) is 5.34. The van der Waals surface area contributed by atoms with Crippen molar-refractivity contribution in [2.45, 2.75) is 64.1 Å². The van der Waals surface area contributed by atoms with E-state index >= 15 is 4.39 Å². The lowest BCUT2D eigenvalue weighted by atomic mass is 10.0. The number of nitriles is 1. The molecule has 2 bridgehead atoms. The molecule has 2 atom stereocenters. The number of anilines is 1. The number of aryl methyl sites for hydroxylation is 1. The van der Waals surface area contributed by atoms with Crippen LogP contribution in [0.5, 0.6) is 0 Å². The minimum absolute atomic E-state index is 0.0460. The number of hydrogen-bond donors (Lipinski definition) is 0. The Labute approximate surface area is 200 Å². The number of benzene rings is 1. The maximum absolute atomic E-state index is 15.2. The summed E-state index contributed by atoms with van der Waals surface area (Å²) in [7, 11) is 0. The third-order valence-electron chi connectivity index (χ3n) is 5.92. The van der Waals surface area contributed by atoms with E-state index in [1.807, 2.05) is 26.8 Å². The molecule has 6 nitrogen and oxygen atoms in total. The molecule has 32 heavy (non-hydrogen) atoms. The monoisotopic (exact) mass is 522 g/mol. The molecule has 0 aliphatic carbocycles. The molecule has 2 aromatic rings. The molecule has 2 unspecified atom stereocenters. The highest BCUT2D eigenvalue weighted by molar-refractivity contribution is 9.10. The van der Waals surface area contributed by atoms with Crippen LogP contribution in [0.4, 0.5) is 15.0 Å². The number of pyridine rings is 1. The summed E-state index contributed by atoms with van der Waals surface area (Å²) < 4.78 is 21.2. The van der Waals surface area contributed by atoms with Gasteiger partial charge in [0, 0.05) is 42.4 Å². The van der Waals surface area contributed by atoms with Crippen molar-refractivity contribution in [1.82, 2.24) is 9.88 Å². The van der Waals surface area contributed by atoms with Crippen molar-refractivity contribution >= 4 is 50.2 Å². The van der Waals surface area contributed by atoms with Crippen LogP contribution in [0, 0.1) is 17.1 Å². The molecule has 1 aromatic carbocycles. The molecule has 2 aliphatic heterocycles. The van der Waals surface area contributed by atoms with Crippen molar-refractivity contribution in [2.24, 2.45) is 0 Å². The Bertz CT molecular complexity index is 1100. The van der Waals surface area contributed by atoms with Gasteiger partial charge in [0.05, 0.1) is 10.5 Å². The fourth-order valence-electron chi connectivity index (χ4n) is 4.63. The van der Waals surface area contributed by atoms with Crippen LogP contribution in [0.15, 0.2) is 16.6 Å². The van der Waals surface area contributed by atoms with Crippen LogP contribution in [0.2, 0.25) is 5.15 Å². The summed E-state index contributed by atoms with van der Waals surface area (Å²) in [6.07, 6.45) is 2.22. The van der Waals surface area contributed by atoms with Crippen molar-refractivity contribution in [1.29, 1.82) is 5.26 Å². The van der Waals surface area contributed by atoms with Gasteiger partial charge >= 0.3 is 6.09 Å². The highest BCUT2D eigenvalue weighted by Gasteiger charge is 2.43. The number of likely N-dealkylation sites (tertiary alicyclic amines) is 1. The van der Waals surface area contributed by atoms with Crippen LogP contribution in [0.1, 0.15) is 45.6 Å². The second kappa shape index (κ2) is 8.68. The van der Waals surface area contributed by atoms with Gasteiger partial charge in [0.25, 0.3) is 0 Å². The molecule has 4 rings (SSSR count). The first-order chi connectivity index (χ1) is 15.1. The summed E-state index contributed by atoms with van der Waals surface area (Å²) >= 11 is 9.65. The summed E-state index contributed by atoms with van der Waals surface area (Å²) in [4.78, 5) is 21.2. The second-order valence-electron chi connectivity index (χ2n) is 9.36. The lowest BCUT2D eigenvalue weighted by molar-refractivity contribution is 0.0209. The molecule has 0 spiro atoms. The number of fused-ring (bicyclic) bond motifs is 3. The molecular weight excluding hydrogens is 499 g/mol. The van der Waals surface area contributed by atoms with Crippen LogP contribution in [0.3, 0.4) is 0 Å². The first-order valence-electron chi connectivity index (χ1n) is 10.7. The van der Waals surface area contributed by atoms with E-state index in [0.717, 1.165) is 18.4 Å². The van der Waals surface area contributed by atoms with Crippen molar-refractivity contribution in [3.63, 3.8) is 0 Å². The van der Waals surface area contributed by atoms with Crippen LogP contribution in [-0.2, 0) is 11.2 Å². The zero-order valence-corrected chi connectivity index (χ0v) is 20.6. The van der Waals surface area contributed by atoms with E-state index < -0.39 is 11.4 Å². The lowest BCUT2D eigenvalue weighted by Gasteiger charge is -2.42. The predicted molar refractivity (Wildman–Crippen MR) is 125 cm³/mol. The van der Waals surface area contributed by atoms with Gasteiger partial charge in [-0.2, -0.15) is 5.26 Å². The molecule has 2 fully saturated rings. The molecular formula is C23H25BrClFN4O2. The summed E-state index contributed by atoms with van der Waals surface area (Å²) in [5.74, 6) is 0.231. The predicted octanol–water partition coefficient (Wildman–Crippen LogP) is 5.83. The number of rotatable bonds is 3. The van der Waals surface area contributed by atoms with Gasteiger partial charge < -0.3 is 14.5 Å². The minimum Gasteiger partial charge on any atom is -0.444 e. The number of hydrogen-bond acceptors (Lipinski definition) is 5. The minimum atomic E-state index is -0.553. The number of ether oxygens (including phenoxy) is 1. The molecule has 170 valence electrons. The molecule has 9 heteroatoms. The Morgan fingerprint density at radius 2 is 1.97 bits per heavy atom. The third-order valence-corrected chi connectivity index (χ3v) is 6.97. The largest absolute Gasteiger partial charge is 0.444 e. The fraction of sp³-hybridized carbons (Fsp3) is 0.522. The summed E-state index contributed by atoms with van der Waals surface area (Å²) in [6, 6.07) is 5.64. The molecule has 1 aromatic heterocycles. The van der Waals surface area contributed by atoms with Crippen LogP contribution in [0.25, 0.3) is 10.8 Å². The standard InChI is InChI=1S/C23H25BrClFN4O2/c1-23(2,3)32-22(31)29-11-14-6-7-15(12-29)30(14)21-17-9-13(5-4-8-27)19(24)20(26)16(17)10-18(25)28-21/h9-10,14-15H,4-7,11-12H2,1-3H3. The first-order valence-corrected chi connectivity index (χ1v) is 11.9. The van der Waals surface area contributed by atoms with Gasteiger partial charge in [-0.3, -0.25) is 0 Å². The van der Waals surface area contributed by atoms with Gasteiger partial charge in [-0.25, -0.2) is 14.2 Å². The maximum Gasteiger partial charge on any atom is 0.410 e. The van der Waals surface area contributed by atoms with E-state index in [1.165, 1.54) is 6.07 Å². The summed E-state index contributed by atoms with van der Waals surface area (Å²) in [5.41, 5.74) is 0.171. The SMILES string of the molecule is CC(C)(C)OC(=O)N1CC2CCC(C1)N2c1nc(Cl)cc2c(F)c(Br)c(CCC#N)cc12. The Balaban J connectivity index is 1.72. The van der Waals surface area contributed by atoms with E-state index in [9.17, 15) is 4.79 Å². The normalized spacial score (nSPS) is 20.5. The number of aromatic nitrogens is 1. The highest BCUT2D eigenvalue weighted by atomic mass is 79.9. The van der Waals surface area contributed by atoms with Crippen LogP contribution >= 0.6 is 27.5 Å². The Hall–Kier alpha value is -2.11. The summed E-state index contributed by atoms with van der Waals surface area (Å²) in [5, 5.41) is 10.3. The van der Waals surface area contributed by atoms with Crippen molar-refractivity contribution in [3.8, 4) is 6.07 Å². The molecule has 1 amide bonds. The van der Waals surface area contributed by atoms with Crippen molar-refractivity contribution in [3.05, 3.63) is 33.1 Å². The van der Waals surface area contributed by atoms with Crippen LogP contribution in [-0.4, -0.2) is 46.8 Å². The van der Waals surface area contributed by atoms with Crippen molar-refractivity contribution in [2.75, 3.05) is 18.0 Å². The highest BCUT2D eigenvalue weighted by Crippen LogP contribution is 2.41. The number of carbonyl (C=O) groups excluding carboxylic acids is 1. The quantitative estimate of drug-likeness (QED) is 0.473. The Kier molecular flexibility index (Phi) is 6.25. The molecule has 3 heterocycles. The number of carbonyl (C=O) groups is 1. The number of halogens is 3. The zero-order chi connectivity index (χ0) is 23.2. The zero-order valence-electron chi connectivity index (χ0n) is 18.3. The Morgan fingerprint density at radius 3 is 2.56 bits per heavy atom. The van der Waals surface area contributed by atoms with Crippen molar-refractivity contribution < 1.29 is 13.9 Å². The summed E-state index contributed by atoms with van der Waals surface area (Å²) in [6.45, 7) is 6.60. The van der Waals surface area contributed by atoms with Gasteiger partial charge in [0.2, 0.25) is 0 Å².